The number of hydroxylamine groups is 1. The summed E-state index contributed by atoms with van der Waals surface area (Å²) in [5.74, 6) is -1.74. The van der Waals surface area contributed by atoms with Crippen LogP contribution in [0.4, 0.5) is 10.5 Å². The van der Waals surface area contributed by atoms with Crippen LogP contribution in [0.2, 0.25) is 0 Å². The van der Waals surface area contributed by atoms with Crippen molar-refractivity contribution >= 4 is 34.6 Å². The van der Waals surface area contributed by atoms with E-state index in [1.54, 1.807) is 10.4 Å². The van der Waals surface area contributed by atoms with E-state index in [1.807, 2.05) is 18.5 Å². The Morgan fingerprint density at radius 2 is 1.94 bits per heavy atom. The van der Waals surface area contributed by atoms with Crippen LogP contribution in [-0.2, 0) is 20.9 Å². The average molecular weight is 485 g/mol. The van der Waals surface area contributed by atoms with Crippen LogP contribution in [0.1, 0.15) is 26.2 Å². The number of carbonyl (C=O) groups excluding carboxylic acids is 3. The van der Waals surface area contributed by atoms with Crippen molar-refractivity contribution < 1.29 is 24.3 Å². The Morgan fingerprint density at radius 3 is 2.57 bits per heavy atom. The van der Waals surface area contributed by atoms with Gasteiger partial charge in [0.1, 0.15) is 6.04 Å². The third kappa shape index (κ3) is 4.18. The molecule has 2 saturated heterocycles. The van der Waals surface area contributed by atoms with Crippen molar-refractivity contribution in [3.05, 3.63) is 24.5 Å². The number of ether oxygens (including phenoxy) is 1. The molecule has 1 spiro atoms. The Hall–Kier alpha value is -3.34. The summed E-state index contributed by atoms with van der Waals surface area (Å²) in [7, 11) is 1.28. The van der Waals surface area contributed by atoms with Crippen LogP contribution in [-0.4, -0.2) is 88.3 Å². The van der Waals surface area contributed by atoms with E-state index in [-0.39, 0.29) is 11.3 Å². The largest absolute Gasteiger partial charge is 0.453 e. The Morgan fingerprint density at radius 1 is 1.20 bits per heavy atom. The van der Waals surface area contributed by atoms with E-state index in [4.69, 9.17) is 4.74 Å². The number of rotatable bonds is 4. The summed E-state index contributed by atoms with van der Waals surface area (Å²) in [6.07, 6.45) is 3.46. The number of fused-ring (bicyclic) bond motifs is 1. The van der Waals surface area contributed by atoms with Gasteiger partial charge in [-0.3, -0.25) is 19.7 Å². The summed E-state index contributed by atoms with van der Waals surface area (Å²) in [4.78, 5) is 48.7. The van der Waals surface area contributed by atoms with E-state index in [9.17, 15) is 19.6 Å². The molecule has 3 aliphatic rings. The number of methoxy groups -OCH3 is 1. The maximum Gasteiger partial charge on any atom is 0.410 e. The van der Waals surface area contributed by atoms with Gasteiger partial charge in [0.25, 0.3) is 0 Å². The van der Waals surface area contributed by atoms with Crippen LogP contribution >= 0.6 is 0 Å². The van der Waals surface area contributed by atoms with Gasteiger partial charge in [0.2, 0.25) is 11.8 Å². The second kappa shape index (κ2) is 9.03. The Bertz CT molecular complexity index is 1110. The second-order valence-corrected chi connectivity index (χ2v) is 9.85. The summed E-state index contributed by atoms with van der Waals surface area (Å²) in [6.45, 7) is 5.49. The highest BCUT2D eigenvalue weighted by atomic mass is 16.5. The molecule has 3 amide bonds. The molecule has 2 aliphatic heterocycles. The lowest BCUT2D eigenvalue weighted by Gasteiger charge is -2.45. The minimum absolute atomic E-state index is 0.176. The third-order valence-corrected chi connectivity index (χ3v) is 7.84. The number of imidazole rings is 1. The third-order valence-electron chi connectivity index (χ3n) is 7.84. The first-order valence-electron chi connectivity index (χ1n) is 12.2. The fourth-order valence-corrected chi connectivity index (χ4v) is 5.64. The highest BCUT2D eigenvalue weighted by Gasteiger charge is 2.57. The molecule has 1 aromatic carbocycles. The van der Waals surface area contributed by atoms with Crippen molar-refractivity contribution in [1.29, 1.82) is 0 Å². The van der Waals surface area contributed by atoms with Crippen molar-refractivity contribution in [2.24, 2.45) is 11.3 Å². The maximum atomic E-state index is 13.7. The van der Waals surface area contributed by atoms with Crippen LogP contribution in [0.5, 0.6) is 0 Å². The number of piperidine rings is 1. The second-order valence-electron chi connectivity index (χ2n) is 9.85. The molecule has 3 fully saturated rings. The van der Waals surface area contributed by atoms with E-state index in [2.05, 4.69) is 27.4 Å². The van der Waals surface area contributed by atoms with Crippen molar-refractivity contribution in [1.82, 2.24) is 24.8 Å². The lowest BCUT2D eigenvalue weighted by Crippen LogP contribution is -2.63. The summed E-state index contributed by atoms with van der Waals surface area (Å²) in [5.41, 5.74) is 4.63. The fraction of sp³-hybridized carbons (Fsp3) is 0.583. The molecule has 1 saturated carbocycles. The van der Waals surface area contributed by atoms with E-state index in [0.717, 1.165) is 36.1 Å². The molecule has 0 unspecified atom stereocenters. The SMILES string of the molecule is CCn1cnc2ccc(N3CCN(C(=O)[C@@H]4[C@@H](C(=O)NO)CC5(CC5)CN4C(=O)OC)CC3)cc21. The van der Waals surface area contributed by atoms with Crippen LogP contribution in [0.25, 0.3) is 11.0 Å². The lowest BCUT2D eigenvalue weighted by atomic mass is 9.80. The van der Waals surface area contributed by atoms with E-state index < -0.39 is 24.0 Å². The van der Waals surface area contributed by atoms with E-state index in [1.165, 1.54) is 12.0 Å². The zero-order chi connectivity index (χ0) is 24.7. The van der Waals surface area contributed by atoms with Crippen LogP contribution in [0.15, 0.2) is 24.5 Å². The number of carbonyl (C=O) groups is 3. The lowest BCUT2D eigenvalue weighted by molar-refractivity contribution is -0.150. The molecular formula is C24H32N6O5. The first kappa shape index (κ1) is 23.4. The van der Waals surface area contributed by atoms with Gasteiger partial charge in [-0.2, -0.15) is 0 Å². The van der Waals surface area contributed by atoms with Crippen molar-refractivity contribution in [3.8, 4) is 0 Å². The monoisotopic (exact) mass is 484 g/mol. The van der Waals surface area contributed by atoms with Crippen molar-refractivity contribution in [2.75, 3.05) is 44.7 Å². The van der Waals surface area contributed by atoms with E-state index >= 15 is 0 Å². The molecule has 35 heavy (non-hydrogen) atoms. The Balaban J connectivity index is 1.33. The highest BCUT2D eigenvalue weighted by Crippen LogP contribution is 2.55. The molecule has 11 heteroatoms. The molecule has 5 rings (SSSR count). The predicted octanol–water partition coefficient (Wildman–Crippen LogP) is 1.45. The van der Waals surface area contributed by atoms with Crippen molar-refractivity contribution in [3.63, 3.8) is 0 Å². The van der Waals surface area contributed by atoms with Gasteiger partial charge in [0, 0.05) is 45.0 Å². The molecule has 188 valence electrons. The number of nitrogens with one attached hydrogen (secondary N) is 1. The number of hydrogen-bond donors (Lipinski definition) is 2. The smallest absolute Gasteiger partial charge is 0.410 e. The van der Waals surface area contributed by atoms with Gasteiger partial charge < -0.3 is 19.1 Å². The number of amides is 3. The van der Waals surface area contributed by atoms with Crippen LogP contribution in [0.3, 0.4) is 0 Å². The molecule has 2 N–H and O–H groups in total. The number of anilines is 1. The van der Waals surface area contributed by atoms with Crippen LogP contribution in [0, 0.1) is 11.3 Å². The zero-order valence-corrected chi connectivity index (χ0v) is 20.1. The average Bonchev–Trinajstić information content (AvgIpc) is 3.51. The summed E-state index contributed by atoms with van der Waals surface area (Å²) >= 11 is 0. The topological polar surface area (TPSA) is 120 Å². The number of nitrogens with zero attached hydrogens (tertiary/aromatic N) is 5. The minimum atomic E-state index is -0.998. The quantitative estimate of drug-likeness (QED) is 0.498. The van der Waals surface area contributed by atoms with Crippen molar-refractivity contribution in [2.45, 2.75) is 38.8 Å². The number of benzene rings is 1. The number of hydrogen-bond acceptors (Lipinski definition) is 7. The molecule has 11 nitrogen and oxygen atoms in total. The molecule has 2 atom stereocenters. The molecule has 0 bridgehead atoms. The predicted molar refractivity (Wildman–Crippen MR) is 127 cm³/mol. The molecule has 1 aromatic heterocycles. The van der Waals surface area contributed by atoms with Gasteiger partial charge in [0.05, 0.1) is 30.4 Å². The minimum Gasteiger partial charge on any atom is -0.453 e. The van der Waals surface area contributed by atoms with Gasteiger partial charge in [-0.15, -0.1) is 0 Å². The van der Waals surface area contributed by atoms with E-state index in [0.29, 0.717) is 39.1 Å². The van der Waals surface area contributed by atoms with Gasteiger partial charge in [-0.05, 0) is 49.8 Å². The number of aryl methyl sites for hydroxylation is 1. The molecular weight excluding hydrogens is 452 g/mol. The van der Waals surface area contributed by atoms with Gasteiger partial charge >= 0.3 is 6.09 Å². The fourth-order valence-electron chi connectivity index (χ4n) is 5.64. The molecule has 3 heterocycles. The highest BCUT2D eigenvalue weighted by molar-refractivity contribution is 5.93. The first-order chi connectivity index (χ1) is 16.9. The number of piperazine rings is 1. The van der Waals surface area contributed by atoms with Crippen LogP contribution < -0.4 is 10.4 Å². The van der Waals surface area contributed by atoms with Gasteiger partial charge in [-0.1, -0.05) is 0 Å². The summed E-state index contributed by atoms with van der Waals surface area (Å²) in [6, 6.07) is 5.18. The summed E-state index contributed by atoms with van der Waals surface area (Å²) < 4.78 is 7.07. The molecule has 1 aliphatic carbocycles. The normalized spacial score (nSPS) is 23.5. The standard InChI is InChI=1S/C24H32N6O5/c1-3-27-15-25-18-5-4-16(12-19(18)27)28-8-10-29(11-9-28)22(32)20-17(21(31)26-34)13-24(6-7-24)14-30(20)23(33)35-2/h4-5,12,15,17,20,34H,3,6-11,13-14H2,1-2H3,(H,26,31)/t17-,20-/m0/s1. The molecule has 2 aromatic rings. The zero-order valence-electron chi connectivity index (χ0n) is 20.1. The maximum absolute atomic E-state index is 13.7. The van der Waals surface area contributed by atoms with Gasteiger partial charge in [-0.25, -0.2) is 15.3 Å². The number of likely N-dealkylation sites (tertiary alicyclic amines) is 1. The number of aromatic nitrogens is 2. The Kier molecular flexibility index (Phi) is 6.04. The first-order valence-corrected chi connectivity index (χ1v) is 12.2. The molecule has 0 radical (unpaired) electrons. The Labute approximate surface area is 203 Å². The van der Waals surface area contributed by atoms with Gasteiger partial charge in [0.15, 0.2) is 0 Å². The summed E-state index contributed by atoms with van der Waals surface area (Å²) in [5, 5.41) is 9.36.